The molecule has 120 valence electrons. The molecule has 1 aromatic heterocycles. The van der Waals surface area contributed by atoms with E-state index in [1.54, 1.807) is 0 Å². The van der Waals surface area contributed by atoms with E-state index in [-0.39, 0.29) is 0 Å². The van der Waals surface area contributed by atoms with Crippen LogP contribution < -0.4 is 5.32 Å². The third-order valence-electron chi connectivity index (χ3n) is 5.17. The summed E-state index contributed by atoms with van der Waals surface area (Å²) in [7, 11) is 2.01. The van der Waals surface area contributed by atoms with E-state index in [2.05, 4.69) is 44.3 Å². The van der Waals surface area contributed by atoms with E-state index < -0.39 is 0 Å². The fraction of sp³-hybridized carbons (Fsp3) is 0.833. The quantitative estimate of drug-likeness (QED) is 0.867. The lowest BCUT2D eigenvalue weighted by Gasteiger charge is -2.38. The summed E-state index contributed by atoms with van der Waals surface area (Å²) in [4.78, 5) is 0. The van der Waals surface area contributed by atoms with Crippen molar-refractivity contribution < 1.29 is 0 Å². The van der Waals surface area contributed by atoms with Gasteiger partial charge < -0.3 is 5.32 Å². The molecule has 1 aliphatic carbocycles. The van der Waals surface area contributed by atoms with Gasteiger partial charge in [0.05, 0.1) is 6.20 Å². The Morgan fingerprint density at radius 3 is 2.57 bits per heavy atom. The lowest BCUT2D eigenvalue weighted by molar-refractivity contribution is 0.143. The second kappa shape index (κ2) is 7.44. The summed E-state index contributed by atoms with van der Waals surface area (Å²) in [6, 6.07) is 0.590. The van der Waals surface area contributed by atoms with Crippen molar-refractivity contribution in [1.82, 2.24) is 15.1 Å². The van der Waals surface area contributed by atoms with Gasteiger partial charge in [-0.05, 0) is 61.5 Å². The molecule has 1 aliphatic rings. The summed E-state index contributed by atoms with van der Waals surface area (Å²) in [5.74, 6) is 3.35. The molecule has 3 nitrogen and oxygen atoms in total. The molecule has 3 atom stereocenters. The first-order chi connectivity index (χ1) is 9.95. The number of aromatic nitrogens is 2. The Balaban J connectivity index is 2.00. The molecular formula is C18H33N3. The van der Waals surface area contributed by atoms with Gasteiger partial charge >= 0.3 is 0 Å². The maximum absolute atomic E-state index is 4.34. The number of hydrogen-bond donors (Lipinski definition) is 1. The smallest absolute Gasteiger partial charge is 0.0521 e. The van der Waals surface area contributed by atoms with Gasteiger partial charge in [0, 0.05) is 19.3 Å². The molecule has 0 bridgehead atoms. The van der Waals surface area contributed by atoms with E-state index in [0.29, 0.717) is 6.04 Å². The molecular weight excluding hydrogens is 258 g/mol. The van der Waals surface area contributed by atoms with Crippen LogP contribution in [0.2, 0.25) is 0 Å². The minimum Gasteiger partial charge on any atom is -0.314 e. The molecule has 0 aliphatic heterocycles. The van der Waals surface area contributed by atoms with Gasteiger partial charge in [-0.1, -0.05) is 27.7 Å². The van der Waals surface area contributed by atoms with Crippen LogP contribution in [-0.2, 0) is 13.5 Å². The summed E-state index contributed by atoms with van der Waals surface area (Å²) in [5, 5.41) is 8.00. The van der Waals surface area contributed by atoms with Crippen molar-refractivity contribution in [1.29, 1.82) is 0 Å². The summed E-state index contributed by atoms with van der Waals surface area (Å²) in [6.07, 6.45) is 9.61. The highest BCUT2D eigenvalue weighted by molar-refractivity contribution is 5.06. The highest BCUT2D eigenvalue weighted by Crippen LogP contribution is 2.39. The van der Waals surface area contributed by atoms with Crippen LogP contribution in [0.4, 0.5) is 0 Å². The van der Waals surface area contributed by atoms with E-state index >= 15 is 0 Å². The first kappa shape index (κ1) is 16.5. The van der Waals surface area contributed by atoms with Crippen LogP contribution >= 0.6 is 0 Å². The van der Waals surface area contributed by atoms with E-state index in [0.717, 1.165) is 23.7 Å². The summed E-state index contributed by atoms with van der Waals surface area (Å²) >= 11 is 0. The van der Waals surface area contributed by atoms with Gasteiger partial charge in [0.25, 0.3) is 0 Å². The van der Waals surface area contributed by atoms with Crippen molar-refractivity contribution in [2.24, 2.45) is 30.7 Å². The molecule has 0 aromatic carbocycles. The van der Waals surface area contributed by atoms with Gasteiger partial charge in [-0.2, -0.15) is 5.10 Å². The van der Waals surface area contributed by atoms with Crippen molar-refractivity contribution in [3.63, 3.8) is 0 Å². The largest absolute Gasteiger partial charge is 0.314 e. The third-order valence-corrected chi connectivity index (χ3v) is 5.17. The molecule has 0 spiro atoms. The maximum Gasteiger partial charge on any atom is 0.0521 e. The Kier molecular flexibility index (Phi) is 5.86. The number of aryl methyl sites for hydroxylation is 1. The van der Waals surface area contributed by atoms with Crippen LogP contribution in [0.5, 0.6) is 0 Å². The monoisotopic (exact) mass is 291 g/mol. The number of rotatable bonds is 6. The van der Waals surface area contributed by atoms with E-state index in [4.69, 9.17) is 0 Å². The maximum atomic E-state index is 4.34. The minimum atomic E-state index is 0.590. The SMILES string of the molecule is CC(C)NCC1CCC(C(C)C)CC1Cc1cnn(C)c1. The molecule has 0 amide bonds. The standard InChI is InChI=1S/C18H33N3/c1-13(2)16-6-7-17(11-19-14(3)4)18(9-16)8-15-10-20-21(5)12-15/h10,12-14,16-19H,6-9,11H2,1-5H3. The van der Waals surface area contributed by atoms with Crippen LogP contribution in [-0.4, -0.2) is 22.4 Å². The summed E-state index contributed by atoms with van der Waals surface area (Å²) < 4.78 is 1.93. The van der Waals surface area contributed by atoms with Crippen molar-refractivity contribution in [2.75, 3.05) is 6.54 Å². The normalized spacial score (nSPS) is 26.7. The van der Waals surface area contributed by atoms with Gasteiger partial charge in [0.1, 0.15) is 0 Å². The highest BCUT2D eigenvalue weighted by Gasteiger charge is 2.31. The predicted molar refractivity (Wildman–Crippen MR) is 89.2 cm³/mol. The van der Waals surface area contributed by atoms with Crippen molar-refractivity contribution >= 4 is 0 Å². The first-order valence-electron chi connectivity index (χ1n) is 8.66. The van der Waals surface area contributed by atoms with Crippen LogP contribution in [0.15, 0.2) is 12.4 Å². The zero-order valence-corrected chi connectivity index (χ0v) is 14.5. The molecule has 2 rings (SSSR count). The van der Waals surface area contributed by atoms with E-state index in [1.165, 1.54) is 37.8 Å². The van der Waals surface area contributed by atoms with Gasteiger partial charge in [-0.3, -0.25) is 4.68 Å². The molecule has 21 heavy (non-hydrogen) atoms. The molecule has 1 N–H and O–H groups in total. The zero-order valence-electron chi connectivity index (χ0n) is 14.5. The van der Waals surface area contributed by atoms with Crippen LogP contribution in [0.1, 0.15) is 52.5 Å². The average molecular weight is 291 g/mol. The van der Waals surface area contributed by atoms with Gasteiger partial charge in [0.15, 0.2) is 0 Å². The molecule has 1 saturated carbocycles. The van der Waals surface area contributed by atoms with Crippen LogP contribution in [0.3, 0.4) is 0 Å². The molecule has 3 unspecified atom stereocenters. The second-order valence-corrected chi connectivity index (χ2v) is 7.63. The lowest BCUT2D eigenvalue weighted by Crippen LogP contribution is -2.37. The average Bonchev–Trinajstić information content (AvgIpc) is 2.82. The minimum absolute atomic E-state index is 0.590. The van der Waals surface area contributed by atoms with Crippen molar-refractivity contribution in [3.05, 3.63) is 18.0 Å². The fourth-order valence-corrected chi connectivity index (χ4v) is 3.75. The molecule has 1 heterocycles. The molecule has 0 saturated heterocycles. The van der Waals surface area contributed by atoms with Crippen LogP contribution in [0.25, 0.3) is 0 Å². The fourth-order valence-electron chi connectivity index (χ4n) is 3.75. The highest BCUT2D eigenvalue weighted by atomic mass is 15.2. The number of nitrogens with zero attached hydrogens (tertiary/aromatic N) is 2. The van der Waals surface area contributed by atoms with Crippen LogP contribution in [0, 0.1) is 23.7 Å². The third kappa shape index (κ3) is 4.84. The topological polar surface area (TPSA) is 29.9 Å². The Morgan fingerprint density at radius 1 is 1.24 bits per heavy atom. The summed E-state index contributed by atoms with van der Waals surface area (Å²) in [5.41, 5.74) is 1.40. The van der Waals surface area contributed by atoms with E-state index in [9.17, 15) is 0 Å². The Hall–Kier alpha value is -0.830. The van der Waals surface area contributed by atoms with Gasteiger partial charge in [-0.15, -0.1) is 0 Å². The summed E-state index contributed by atoms with van der Waals surface area (Å²) in [6.45, 7) is 10.4. The first-order valence-corrected chi connectivity index (χ1v) is 8.66. The Morgan fingerprint density at radius 2 is 2.00 bits per heavy atom. The Bertz CT molecular complexity index is 422. The van der Waals surface area contributed by atoms with Crippen molar-refractivity contribution in [3.8, 4) is 0 Å². The lowest BCUT2D eigenvalue weighted by atomic mass is 9.69. The number of hydrogen-bond acceptors (Lipinski definition) is 2. The van der Waals surface area contributed by atoms with Crippen molar-refractivity contribution in [2.45, 2.75) is 59.4 Å². The zero-order chi connectivity index (χ0) is 15.4. The molecule has 1 fully saturated rings. The van der Waals surface area contributed by atoms with E-state index in [1.807, 2.05) is 17.9 Å². The molecule has 0 radical (unpaired) electrons. The Labute approximate surface area is 130 Å². The number of nitrogens with one attached hydrogen (secondary N) is 1. The van der Waals surface area contributed by atoms with Gasteiger partial charge in [0.2, 0.25) is 0 Å². The predicted octanol–water partition coefficient (Wildman–Crippen LogP) is 3.65. The second-order valence-electron chi connectivity index (χ2n) is 7.63. The van der Waals surface area contributed by atoms with Gasteiger partial charge in [-0.25, -0.2) is 0 Å². The molecule has 1 aromatic rings. The molecule has 3 heteroatoms.